The maximum Gasteiger partial charge on any atom is 0.334 e. The first kappa shape index (κ1) is 15.6. The lowest BCUT2D eigenvalue weighted by Crippen LogP contribution is -2.49. The summed E-state index contributed by atoms with van der Waals surface area (Å²) < 4.78 is 5.13. The van der Waals surface area contributed by atoms with Gasteiger partial charge >= 0.3 is 5.97 Å². The summed E-state index contributed by atoms with van der Waals surface area (Å²) in [5, 5.41) is 9.96. The van der Waals surface area contributed by atoms with Crippen molar-refractivity contribution in [2.75, 3.05) is 19.7 Å². The lowest BCUT2D eigenvalue weighted by atomic mass is 10.1. The van der Waals surface area contributed by atoms with E-state index < -0.39 is 12.1 Å². The molecule has 1 aliphatic heterocycles. The van der Waals surface area contributed by atoms with Gasteiger partial charge in [0.25, 0.3) is 0 Å². The fourth-order valence-corrected chi connectivity index (χ4v) is 3.12. The van der Waals surface area contributed by atoms with Crippen LogP contribution in [0.25, 0.3) is 0 Å². The Morgan fingerprint density at radius 1 is 1.27 bits per heavy atom. The van der Waals surface area contributed by atoms with E-state index in [1.165, 1.54) is 0 Å². The number of carbonyl (C=O) groups is 2. The highest BCUT2D eigenvalue weighted by atomic mass is 35.5. The third kappa shape index (κ3) is 3.07. The summed E-state index contributed by atoms with van der Waals surface area (Å²) in [5.74, 6) is -1.02. The van der Waals surface area contributed by atoms with Crippen LogP contribution >= 0.6 is 23.2 Å². The van der Waals surface area contributed by atoms with Gasteiger partial charge in [0.1, 0.15) is 0 Å². The van der Waals surface area contributed by atoms with Gasteiger partial charge in [-0.2, -0.15) is 0 Å². The van der Waals surface area contributed by atoms with Crippen molar-refractivity contribution in [3.05, 3.63) is 33.8 Å². The second-order valence-electron chi connectivity index (χ2n) is 5.60. The zero-order chi connectivity index (χ0) is 15.9. The van der Waals surface area contributed by atoms with E-state index in [1.54, 1.807) is 17.0 Å². The first-order chi connectivity index (χ1) is 10.5. The van der Waals surface area contributed by atoms with Gasteiger partial charge in [0.2, 0.25) is 5.91 Å². The molecule has 1 saturated carbocycles. The minimum Gasteiger partial charge on any atom is -0.479 e. The van der Waals surface area contributed by atoms with E-state index in [0.717, 1.165) is 12.0 Å². The Bertz CT molecular complexity index is 622. The predicted octanol–water partition coefficient (Wildman–Crippen LogP) is 2.41. The first-order valence-electron chi connectivity index (χ1n) is 7.05. The summed E-state index contributed by atoms with van der Waals surface area (Å²) >= 11 is 11.9. The molecule has 0 spiro atoms. The molecule has 1 saturated heterocycles. The summed E-state index contributed by atoms with van der Waals surface area (Å²) in [6.07, 6.45) is -0.175. The van der Waals surface area contributed by atoms with Crippen LogP contribution in [0.5, 0.6) is 0 Å². The van der Waals surface area contributed by atoms with Crippen LogP contribution in [0.1, 0.15) is 17.9 Å². The summed E-state index contributed by atoms with van der Waals surface area (Å²) in [6, 6.07) is 5.40. The Balaban J connectivity index is 1.65. The molecule has 118 valence electrons. The zero-order valence-corrected chi connectivity index (χ0v) is 13.2. The minimum atomic E-state index is -1.03. The molecule has 3 rings (SSSR count). The van der Waals surface area contributed by atoms with Crippen LogP contribution in [0.4, 0.5) is 0 Å². The molecule has 2 aliphatic rings. The number of aliphatic carboxylic acids is 1. The topological polar surface area (TPSA) is 66.8 Å². The van der Waals surface area contributed by atoms with E-state index >= 15 is 0 Å². The minimum absolute atomic E-state index is 0.00868. The van der Waals surface area contributed by atoms with Crippen molar-refractivity contribution in [2.45, 2.75) is 18.4 Å². The maximum atomic E-state index is 12.5. The fraction of sp³-hybridized carbons (Fsp3) is 0.467. The van der Waals surface area contributed by atoms with Gasteiger partial charge in [-0.05, 0) is 30.0 Å². The van der Waals surface area contributed by atoms with Crippen LogP contribution in [0.2, 0.25) is 10.0 Å². The average molecular weight is 344 g/mol. The van der Waals surface area contributed by atoms with Crippen molar-refractivity contribution in [2.24, 2.45) is 5.92 Å². The molecule has 1 aromatic carbocycles. The molecule has 5 nitrogen and oxygen atoms in total. The third-order valence-electron chi connectivity index (χ3n) is 4.13. The van der Waals surface area contributed by atoms with Crippen molar-refractivity contribution in [1.29, 1.82) is 0 Å². The van der Waals surface area contributed by atoms with Crippen LogP contribution in [0.15, 0.2) is 18.2 Å². The normalized spacial score (nSPS) is 27.5. The molecule has 1 aliphatic carbocycles. The number of ether oxygens (including phenoxy) is 1. The Morgan fingerprint density at radius 3 is 2.73 bits per heavy atom. The number of hydrogen-bond acceptors (Lipinski definition) is 3. The van der Waals surface area contributed by atoms with E-state index in [0.29, 0.717) is 16.6 Å². The molecule has 7 heteroatoms. The summed E-state index contributed by atoms with van der Waals surface area (Å²) in [4.78, 5) is 25.0. The molecule has 1 amide bonds. The van der Waals surface area contributed by atoms with Crippen LogP contribution in [-0.2, 0) is 14.3 Å². The average Bonchev–Trinajstić information content (AvgIpc) is 3.30. The fourth-order valence-electron chi connectivity index (χ4n) is 2.81. The number of hydrogen-bond donors (Lipinski definition) is 1. The Kier molecular flexibility index (Phi) is 4.30. The number of amides is 1. The molecule has 0 aromatic heterocycles. The largest absolute Gasteiger partial charge is 0.479 e. The van der Waals surface area contributed by atoms with Gasteiger partial charge in [-0.1, -0.05) is 29.3 Å². The smallest absolute Gasteiger partial charge is 0.334 e. The highest BCUT2D eigenvalue weighted by Gasteiger charge is 2.46. The second kappa shape index (κ2) is 6.07. The van der Waals surface area contributed by atoms with Crippen molar-refractivity contribution < 1.29 is 19.4 Å². The summed E-state index contributed by atoms with van der Waals surface area (Å²) in [7, 11) is 0. The molecule has 3 atom stereocenters. The molecular formula is C15H15Cl2NO4. The Morgan fingerprint density at radius 2 is 2.05 bits per heavy atom. The number of carboxylic acids is 1. The van der Waals surface area contributed by atoms with Gasteiger partial charge in [-0.25, -0.2) is 4.79 Å². The molecule has 3 unspecified atom stereocenters. The molecule has 1 N–H and O–H groups in total. The van der Waals surface area contributed by atoms with Crippen molar-refractivity contribution in [3.63, 3.8) is 0 Å². The van der Waals surface area contributed by atoms with Crippen molar-refractivity contribution >= 4 is 35.1 Å². The van der Waals surface area contributed by atoms with Gasteiger partial charge < -0.3 is 14.7 Å². The molecule has 2 fully saturated rings. The van der Waals surface area contributed by atoms with E-state index in [-0.39, 0.29) is 30.9 Å². The number of benzene rings is 1. The number of rotatable bonds is 3. The SMILES string of the molecule is O=C(O)C1CN(C(=O)C2CC2c2ccc(Cl)c(Cl)c2)CCO1. The van der Waals surface area contributed by atoms with Gasteiger partial charge in [0.15, 0.2) is 6.10 Å². The quantitative estimate of drug-likeness (QED) is 0.915. The van der Waals surface area contributed by atoms with Crippen LogP contribution in [-0.4, -0.2) is 47.7 Å². The number of carbonyl (C=O) groups excluding carboxylic acids is 1. The van der Waals surface area contributed by atoms with Gasteiger partial charge in [0, 0.05) is 12.5 Å². The second-order valence-corrected chi connectivity index (χ2v) is 6.42. The van der Waals surface area contributed by atoms with Crippen LogP contribution < -0.4 is 0 Å². The summed E-state index contributed by atoms with van der Waals surface area (Å²) in [5.41, 5.74) is 0.996. The number of nitrogens with zero attached hydrogens (tertiary/aromatic N) is 1. The Labute approximate surface area is 137 Å². The summed E-state index contributed by atoms with van der Waals surface area (Å²) in [6.45, 7) is 0.804. The third-order valence-corrected chi connectivity index (χ3v) is 4.87. The van der Waals surface area contributed by atoms with Gasteiger partial charge in [-0.15, -0.1) is 0 Å². The first-order valence-corrected chi connectivity index (χ1v) is 7.81. The molecule has 0 radical (unpaired) electrons. The maximum absolute atomic E-state index is 12.5. The Hall–Kier alpha value is -1.30. The van der Waals surface area contributed by atoms with Crippen molar-refractivity contribution in [3.8, 4) is 0 Å². The van der Waals surface area contributed by atoms with E-state index in [4.69, 9.17) is 33.0 Å². The molecule has 0 bridgehead atoms. The molecular weight excluding hydrogens is 329 g/mol. The zero-order valence-electron chi connectivity index (χ0n) is 11.7. The predicted molar refractivity (Wildman–Crippen MR) is 81.3 cm³/mol. The van der Waals surface area contributed by atoms with Gasteiger partial charge in [-0.3, -0.25) is 4.79 Å². The van der Waals surface area contributed by atoms with Crippen LogP contribution in [0, 0.1) is 5.92 Å². The number of morpholine rings is 1. The lowest BCUT2D eigenvalue weighted by molar-refractivity contribution is -0.159. The van der Waals surface area contributed by atoms with E-state index in [1.807, 2.05) is 6.07 Å². The monoisotopic (exact) mass is 343 g/mol. The van der Waals surface area contributed by atoms with E-state index in [2.05, 4.69) is 0 Å². The standard InChI is InChI=1S/C15H15Cl2NO4/c16-11-2-1-8(5-12(11)17)9-6-10(9)14(19)18-3-4-22-13(7-18)15(20)21/h1-2,5,9-10,13H,3-4,6-7H2,(H,20,21). The lowest BCUT2D eigenvalue weighted by Gasteiger charge is -2.31. The molecule has 1 aromatic rings. The highest BCUT2D eigenvalue weighted by Crippen LogP contribution is 2.49. The number of carboxylic acid groups (broad SMARTS) is 1. The highest BCUT2D eigenvalue weighted by molar-refractivity contribution is 6.42. The number of halogens is 2. The van der Waals surface area contributed by atoms with Gasteiger partial charge in [0.05, 0.1) is 23.2 Å². The van der Waals surface area contributed by atoms with Crippen molar-refractivity contribution in [1.82, 2.24) is 4.90 Å². The van der Waals surface area contributed by atoms with Crippen LogP contribution in [0.3, 0.4) is 0 Å². The molecule has 1 heterocycles. The van der Waals surface area contributed by atoms with E-state index in [9.17, 15) is 9.59 Å². The molecule has 22 heavy (non-hydrogen) atoms.